The number of methoxy groups -OCH3 is 1. The van der Waals surface area contributed by atoms with Crippen molar-refractivity contribution in [3.8, 4) is 11.8 Å². The lowest BCUT2D eigenvalue weighted by Gasteiger charge is -2.11. The lowest BCUT2D eigenvalue weighted by atomic mass is 10.1. The van der Waals surface area contributed by atoms with Gasteiger partial charge in [-0.25, -0.2) is 8.78 Å². The van der Waals surface area contributed by atoms with Gasteiger partial charge in [-0.15, -0.1) is 0 Å². The van der Waals surface area contributed by atoms with Crippen molar-refractivity contribution in [2.75, 3.05) is 12.4 Å². The van der Waals surface area contributed by atoms with E-state index in [2.05, 4.69) is 5.32 Å². The standard InChI is InChI=1S/C15H12F2N2O/c1-9-7-11(4-6-13(9)20-2)19-12-5-3-10(8-18)14(16)15(12)17/h3-7,19H,1-2H3. The molecule has 0 aliphatic heterocycles. The fourth-order valence-electron chi connectivity index (χ4n) is 1.84. The number of anilines is 2. The lowest BCUT2D eigenvalue weighted by molar-refractivity contribution is 0.412. The average molecular weight is 274 g/mol. The van der Waals surface area contributed by atoms with Crippen LogP contribution >= 0.6 is 0 Å². The fraction of sp³-hybridized carbons (Fsp3) is 0.133. The summed E-state index contributed by atoms with van der Waals surface area (Å²) in [6.45, 7) is 1.85. The van der Waals surface area contributed by atoms with Gasteiger partial charge < -0.3 is 10.1 Å². The second-order valence-corrected chi connectivity index (χ2v) is 4.21. The topological polar surface area (TPSA) is 45.0 Å². The van der Waals surface area contributed by atoms with Crippen LogP contribution in [0.25, 0.3) is 0 Å². The van der Waals surface area contributed by atoms with Gasteiger partial charge in [-0.2, -0.15) is 5.26 Å². The van der Waals surface area contributed by atoms with Crippen molar-refractivity contribution in [2.24, 2.45) is 0 Å². The van der Waals surface area contributed by atoms with Crippen molar-refractivity contribution in [2.45, 2.75) is 6.92 Å². The number of rotatable bonds is 3. The number of hydrogen-bond acceptors (Lipinski definition) is 3. The first-order valence-corrected chi connectivity index (χ1v) is 5.86. The van der Waals surface area contributed by atoms with E-state index in [-0.39, 0.29) is 11.3 Å². The van der Waals surface area contributed by atoms with E-state index in [0.29, 0.717) is 11.4 Å². The van der Waals surface area contributed by atoms with Crippen molar-refractivity contribution in [1.82, 2.24) is 0 Å². The molecule has 2 rings (SSSR count). The van der Waals surface area contributed by atoms with Gasteiger partial charge in [0, 0.05) is 5.69 Å². The molecule has 0 unspecified atom stereocenters. The number of halogens is 2. The molecule has 3 nitrogen and oxygen atoms in total. The van der Waals surface area contributed by atoms with E-state index < -0.39 is 11.6 Å². The number of ether oxygens (including phenoxy) is 1. The van der Waals surface area contributed by atoms with Crippen molar-refractivity contribution in [3.63, 3.8) is 0 Å². The van der Waals surface area contributed by atoms with Crippen LogP contribution in [0.2, 0.25) is 0 Å². The van der Waals surface area contributed by atoms with Crippen molar-refractivity contribution in [1.29, 1.82) is 5.26 Å². The Bertz CT molecular complexity index is 693. The van der Waals surface area contributed by atoms with E-state index in [1.54, 1.807) is 31.4 Å². The number of nitrogens with zero attached hydrogens (tertiary/aromatic N) is 1. The first-order chi connectivity index (χ1) is 9.56. The third-order valence-corrected chi connectivity index (χ3v) is 2.88. The number of aryl methyl sites for hydroxylation is 1. The quantitative estimate of drug-likeness (QED) is 0.923. The normalized spacial score (nSPS) is 9.95. The summed E-state index contributed by atoms with van der Waals surface area (Å²) in [7, 11) is 1.56. The molecule has 0 aromatic heterocycles. The van der Waals surface area contributed by atoms with Crippen LogP contribution in [0, 0.1) is 29.9 Å². The molecule has 0 aliphatic carbocycles. The molecule has 0 saturated heterocycles. The van der Waals surface area contributed by atoms with Crippen molar-refractivity contribution in [3.05, 3.63) is 53.1 Å². The van der Waals surface area contributed by atoms with Gasteiger partial charge in [-0.05, 0) is 42.8 Å². The van der Waals surface area contributed by atoms with Gasteiger partial charge in [0.1, 0.15) is 11.8 Å². The van der Waals surface area contributed by atoms with E-state index in [4.69, 9.17) is 10.00 Å². The van der Waals surface area contributed by atoms with E-state index in [9.17, 15) is 8.78 Å². The minimum Gasteiger partial charge on any atom is -0.496 e. The molecule has 0 bridgehead atoms. The fourth-order valence-corrected chi connectivity index (χ4v) is 1.84. The van der Waals surface area contributed by atoms with E-state index >= 15 is 0 Å². The molecular weight excluding hydrogens is 262 g/mol. The summed E-state index contributed by atoms with van der Waals surface area (Å²) in [5, 5.41) is 11.4. The highest BCUT2D eigenvalue weighted by Gasteiger charge is 2.13. The molecule has 102 valence electrons. The number of benzene rings is 2. The van der Waals surface area contributed by atoms with Gasteiger partial charge in [0.15, 0.2) is 11.6 Å². The second-order valence-electron chi connectivity index (χ2n) is 4.21. The molecule has 2 aromatic carbocycles. The molecular formula is C15H12F2N2O. The molecule has 0 heterocycles. The smallest absolute Gasteiger partial charge is 0.183 e. The Hall–Kier alpha value is -2.61. The number of hydrogen-bond donors (Lipinski definition) is 1. The highest BCUT2D eigenvalue weighted by atomic mass is 19.2. The Morgan fingerprint density at radius 2 is 1.90 bits per heavy atom. The first-order valence-electron chi connectivity index (χ1n) is 5.86. The van der Waals surface area contributed by atoms with Crippen LogP contribution in [0.1, 0.15) is 11.1 Å². The molecule has 2 aromatic rings. The highest BCUT2D eigenvalue weighted by molar-refractivity contribution is 5.63. The molecule has 0 aliphatic rings. The van der Waals surface area contributed by atoms with E-state index in [1.165, 1.54) is 12.1 Å². The van der Waals surface area contributed by atoms with Gasteiger partial charge in [0.2, 0.25) is 0 Å². The maximum absolute atomic E-state index is 13.8. The third kappa shape index (κ3) is 2.54. The summed E-state index contributed by atoms with van der Waals surface area (Å²) in [6.07, 6.45) is 0. The molecule has 0 atom stereocenters. The number of nitrogens with one attached hydrogen (secondary N) is 1. The predicted molar refractivity (Wildman–Crippen MR) is 72.1 cm³/mol. The second kappa shape index (κ2) is 5.57. The molecule has 20 heavy (non-hydrogen) atoms. The summed E-state index contributed by atoms with van der Waals surface area (Å²) in [5.74, 6) is -1.51. The summed E-state index contributed by atoms with van der Waals surface area (Å²) in [5.41, 5.74) is 1.13. The molecule has 0 fully saturated rings. The van der Waals surface area contributed by atoms with Crippen LogP contribution in [-0.2, 0) is 0 Å². The van der Waals surface area contributed by atoms with E-state index in [0.717, 1.165) is 5.56 Å². The summed E-state index contributed by atoms with van der Waals surface area (Å²) >= 11 is 0. The average Bonchev–Trinajstić information content (AvgIpc) is 2.44. The molecule has 5 heteroatoms. The van der Waals surface area contributed by atoms with Crippen molar-refractivity contribution >= 4 is 11.4 Å². The van der Waals surface area contributed by atoms with Gasteiger partial charge in [-0.3, -0.25) is 0 Å². The van der Waals surface area contributed by atoms with Gasteiger partial charge >= 0.3 is 0 Å². The Morgan fingerprint density at radius 3 is 2.50 bits per heavy atom. The Balaban J connectivity index is 2.34. The zero-order valence-electron chi connectivity index (χ0n) is 11.0. The zero-order valence-corrected chi connectivity index (χ0v) is 11.0. The Labute approximate surface area is 115 Å². The molecule has 1 N–H and O–H groups in total. The maximum atomic E-state index is 13.8. The number of nitriles is 1. The lowest BCUT2D eigenvalue weighted by Crippen LogP contribution is -1.99. The van der Waals surface area contributed by atoms with Crippen LogP contribution < -0.4 is 10.1 Å². The molecule has 0 spiro atoms. The van der Waals surface area contributed by atoms with Crippen LogP contribution in [0.5, 0.6) is 5.75 Å². The van der Waals surface area contributed by atoms with Crippen LogP contribution in [0.3, 0.4) is 0 Å². The van der Waals surface area contributed by atoms with Gasteiger partial charge in [0.25, 0.3) is 0 Å². The minimum atomic E-state index is -1.15. The van der Waals surface area contributed by atoms with Crippen molar-refractivity contribution < 1.29 is 13.5 Å². The zero-order chi connectivity index (χ0) is 14.7. The van der Waals surface area contributed by atoms with Crippen LogP contribution in [-0.4, -0.2) is 7.11 Å². The minimum absolute atomic E-state index is 0.0222. The summed E-state index contributed by atoms with van der Waals surface area (Å²) < 4.78 is 32.4. The third-order valence-electron chi connectivity index (χ3n) is 2.88. The van der Waals surface area contributed by atoms with Crippen LogP contribution in [0.15, 0.2) is 30.3 Å². The SMILES string of the molecule is COc1ccc(Nc2ccc(C#N)c(F)c2F)cc1C. The molecule has 0 amide bonds. The van der Waals surface area contributed by atoms with Gasteiger partial charge in [-0.1, -0.05) is 0 Å². The molecule has 0 radical (unpaired) electrons. The maximum Gasteiger partial charge on any atom is 0.183 e. The first kappa shape index (κ1) is 13.8. The molecule has 0 saturated carbocycles. The summed E-state index contributed by atoms with van der Waals surface area (Å²) in [6, 6.07) is 9.34. The largest absolute Gasteiger partial charge is 0.496 e. The van der Waals surface area contributed by atoms with Gasteiger partial charge in [0.05, 0.1) is 18.4 Å². The Kier molecular flexibility index (Phi) is 3.85. The highest BCUT2D eigenvalue weighted by Crippen LogP contribution is 2.27. The monoisotopic (exact) mass is 274 g/mol. The Morgan fingerprint density at radius 1 is 1.15 bits per heavy atom. The predicted octanol–water partition coefficient (Wildman–Crippen LogP) is 3.90. The summed E-state index contributed by atoms with van der Waals surface area (Å²) in [4.78, 5) is 0. The van der Waals surface area contributed by atoms with Crippen LogP contribution in [0.4, 0.5) is 20.2 Å². The van der Waals surface area contributed by atoms with E-state index in [1.807, 2.05) is 6.92 Å².